The first-order valence-electron chi connectivity index (χ1n) is 42.3. The maximum Gasteiger partial charge on any atom is 0.129 e. The minimum atomic E-state index is -1.50. The molecule has 0 radical (unpaired) electrons. The minimum absolute atomic E-state index is 1.13. The molecule has 0 atom stereocenters. The molecule has 16 aromatic rings. The molecule has 24 heteroatoms. The summed E-state index contributed by atoms with van der Waals surface area (Å²) in [6.45, 7) is 55.3. The highest BCUT2D eigenvalue weighted by Crippen LogP contribution is 2.58. The topological polar surface area (TPSA) is 0 Å². The lowest BCUT2D eigenvalue weighted by atomic mass is 10.1. The Bertz CT molecular complexity index is 6940. The van der Waals surface area contributed by atoms with Gasteiger partial charge in [0.2, 0.25) is 0 Å². The van der Waals surface area contributed by atoms with E-state index in [1.807, 2.05) is 181 Å². The van der Waals surface area contributed by atoms with Gasteiger partial charge >= 0.3 is 0 Å². The Balaban J connectivity index is 0.000000207. The van der Waals surface area contributed by atoms with Gasteiger partial charge in [-0.05, 0) is 170 Å². The number of hydrogen-bond acceptors (Lipinski definition) is 16. The standard InChI is InChI=1S/C60H54S10Si4.C44H46S6Si4/c1-71(2,3)33-29-39-13-17-47(61-39)51-23-21-45(65-51)43-37-57(55-27-25-53(67-55)49-19-15-41(63-49)31-35-73(7,8)9)69-59(43)60-44(46-22-24-52(66-46)48-18-14-40(62-48)30-34-72(4,5)6)38-58(70-60)56-28-26-54(68-56)50-20-16-42(64-50)32-36-74(10,11)12;1-51(2,3)25-21-31-13-17-37(45-31)35-29-41(39-19-15-33(47-39)23-27-53(7,8)9)49-43(35)44-36(38-18-14-32(46-38)22-26-52(4,5)6)30-42(50-44)40-20-16-34(48-40)24-28-54(10,11)12/h13-28,37-38H,1-12H3;13-20,29-30H,1-12H3. The first-order valence-corrected chi connectivity index (χ1v) is 83.3. The van der Waals surface area contributed by atoms with Crippen LogP contribution in [0.3, 0.4) is 0 Å². The van der Waals surface area contributed by atoms with Crippen molar-refractivity contribution in [1.82, 2.24) is 0 Å². The van der Waals surface area contributed by atoms with Crippen molar-refractivity contribution in [3.8, 4) is 231 Å². The van der Waals surface area contributed by atoms with Crippen molar-refractivity contribution in [2.75, 3.05) is 0 Å². The molecule has 0 aliphatic rings. The molecule has 0 aromatic carbocycles. The molecule has 0 N–H and O–H groups in total. The summed E-state index contributed by atoms with van der Waals surface area (Å²) in [5.41, 5.74) is 33.7. The second-order valence-corrected chi connectivity index (χ2v) is 94.6. The van der Waals surface area contributed by atoms with Crippen molar-refractivity contribution in [2.45, 2.75) is 157 Å². The van der Waals surface area contributed by atoms with E-state index in [4.69, 9.17) is 0 Å². The molecule has 0 aliphatic heterocycles. The van der Waals surface area contributed by atoms with Gasteiger partial charge in [0, 0.05) is 120 Å². The maximum atomic E-state index is 3.58. The molecule has 644 valence electrons. The summed E-state index contributed by atoms with van der Waals surface area (Å²) in [5, 5.41) is 0. The third kappa shape index (κ3) is 26.1. The van der Waals surface area contributed by atoms with Crippen LogP contribution < -0.4 is 0 Å². The number of hydrogen-bond donors (Lipinski definition) is 0. The summed E-state index contributed by atoms with van der Waals surface area (Å²) in [6.07, 6.45) is 0. The summed E-state index contributed by atoms with van der Waals surface area (Å²) in [7, 11) is -11.9. The number of rotatable bonds is 14. The lowest BCUT2D eigenvalue weighted by Crippen LogP contribution is -2.16. The van der Waals surface area contributed by atoms with Crippen LogP contribution in [0.15, 0.2) is 170 Å². The molecule has 0 unspecified atom stereocenters. The Kier molecular flexibility index (Phi) is 29.4. The van der Waals surface area contributed by atoms with Gasteiger partial charge in [-0.1, -0.05) is 204 Å². The molecule has 16 aromatic heterocycles. The van der Waals surface area contributed by atoms with Crippen LogP contribution in [0.4, 0.5) is 0 Å². The molecule has 16 heterocycles. The van der Waals surface area contributed by atoms with E-state index < -0.39 is 64.6 Å². The predicted molar refractivity (Wildman–Crippen MR) is 617 cm³/mol. The van der Waals surface area contributed by atoms with E-state index in [9.17, 15) is 0 Å². The molecule has 0 saturated heterocycles. The van der Waals surface area contributed by atoms with Gasteiger partial charge in [-0.2, -0.15) is 0 Å². The maximum absolute atomic E-state index is 3.58. The van der Waals surface area contributed by atoms with Crippen LogP contribution in [0.1, 0.15) is 39.0 Å². The van der Waals surface area contributed by atoms with Crippen molar-refractivity contribution in [1.29, 1.82) is 0 Å². The fourth-order valence-corrected chi connectivity index (χ4v) is 34.0. The highest BCUT2D eigenvalue weighted by Gasteiger charge is 2.29. The molecule has 128 heavy (non-hydrogen) atoms. The smallest absolute Gasteiger partial charge is 0.129 e. The molecule has 0 spiro atoms. The number of thiophene rings is 16. The van der Waals surface area contributed by atoms with E-state index >= 15 is 0 Å². The van der Waals surface area contributed by atoms with Gasteiger partial charge in [-0.15, -0.1) is 226 Å². The molecule has 0 saturated carbocycles. The second kappa shape index (κ2) is 39.2. The van der Waals surface area contributed by atoms with Crippen molar-refractivity contribution >= 4 is 246 Å². The Labute approximate surface area is 832 Å². The zero-order chi connectivity index (χ0) is 91.2. The van der Waals surface area contributed by atoms with E-state index in [0.29, 0.717) is 0 Å². The zero-order valence-corrected chi connectivity index (χ0v) is 97.8. The monoisotopic (exact) mass is 2080 g/mol. The third-order valence-corrected chi connectivity index (χ3v) is 44.0. The fraction of sp³-hybridized carbons (Fsp3) is 0.231. The lowest BCUT2D eigenvalue weighted by Gasteiger charge is -2.03. The van der Waals surface area contributed by atoms with E-state index in [-0.39, 0.29) is 0 Å². The van der Waals surface area contributed by atoms with Crippen LogP contribution in [0.2, 0.25) is 157 Å². The molecular weight excluding hydrogens is 1990 g/mol. The summed E-state index contributed by atoms with van der Waals surface area (Å²) < 4.78 is 0. The SMILES string of the molecule is C[Si](C)(C)C#Cc1ccc(-c2cc(-c3ccc(C#C[Si](C)(C)C)s3)c(-c3sc(-c4ccc(C#C[Si](C)(C)C)s4)cc3-c3ccc(C#C[Si](C)(C)C)s3)s2)s1.C[Si](C)(C)C#Cc1ccc(-c2ccc(-c3cc(-c4ccc(-c5ccc(C#C[Si](C)(C)C)s5)s4)c(-c4sc(-c5ccc(-c6ccc(C#C[Si](C)(C)C)s6)s5)cc4-c4ccc(-c5ccc(C#C[Si](C)(C)C)s5)s4)s3)s2)s1. The van der Waals surface area contributed by atoms with Crippen molar-refractivity contribution in [3.63, 3.8) is 0 Å². The third-order valence-electron chi connectivity index (χ3n) is 18.1. The van der Waals surface area contributed by atoms with Crippen LogP contribution in [0.5, 0.6) is 0 Å². The van der Waals surface area contributed by atoms with Crippen molar-refractivity contribution < 1.29 is 0 Å². The quantitative estimate of drug-likeness (QED) is 0.0752. The van der Waals surface area contributed by atoms with Crippen LogP contribution in [-0.2, 0) is 0 Å². The highest BCUT2D eigenvalue weighted by molar-refractivity contribution is 7.33. The summed E-state index contributed by atoms with van der Waals surface area (Å²) in [4.78, 5) is 39.9. The van der Waals surface area contributed by atoms with E-state index in [1.165, 1.54) is 139 Å². The van der Waals surface area contributed by atoms with E-state index in [1.54, 1.807) is 0 Å². The lowest BCUT2D eigenvalue weighted by molar-refractivity contribution is 1.80. The normalized spacial score (nSPS) is 11.9. The van der Waals surface area contributed by atoms with Crippen LogP contribution in [0.25, 0.3) is 139 Å². The first-order chi connectivity index (χ1) is 60.2. The van der Waals surface area contributed by atoms with Crippen LogP contribution >= 0.6 is 181 Å². The largest absolute Gasteiger partial charge is 0.134 e. The molecule has 0 amide bonds. The zero-order valence-electron chi connectivity index (χ0n) is 76.7. The predicted octanol–water partition coefficient (Wildman–Crippen LogP) is 37.5. The Morgan fingerprint density at radius 2 is 0.250 bits per heavy atom. The van der Waals surface area contributed by atoms with Gasteiger partial charge in [-0.3, -0.25) is 0 Å². The molecule has 0 aliphatic carbocycles. The molecule has 0 fully saturated rings. The van der Waals surface area contributed by atoms with Gasteiger partial charge in [0.1, 0.15) is 64.6 Å². The molecule has 16 rings (SSSR count). The fourth-order valence-electron chi connectivity index (χ4n) is 12.2. The Morgan fingerprint density at radius 3 is 0.430 bits per heavy atom. The average molecular weight is 2090 g/mol. The Morgan fingerprint density at radius 1 is 0.133 bits per heavy atom. The summed E-state index contributed by atoms with van der Waals surface area (Å²) in [6, 6.07) is 64.1. The van der Waals surface area contributed by atoms with Crippen LogP contribution in [-0.4, -0.2) is 64.6 Å². The van der Waals surface area contributed by atoms with Gasteiger partial charge in [0.15, 0.2) is 0 Å². The molecular formula is C104H100S16Si8. The molecule has 0 nitrogen and oxygen atoms in total. The summed E-state index contributed by atoms with van der Waals surface area (Å²) in [5.74, 6) is 28.0. The molecule has 0 bridgehead atoms. The van der Waals surface area contributed by atoms with E-state index in [2.05, 4.69) is 419 Å². The highest BCUT2D eigenvalue weighted by atomic mass is 32.2. The Hall–Kier alpha value is -6.58. The van der Waals surface area contributed by atoms with Gasteiger partial charge in [-0.25, -0.2) is 0 Å². The summed E-state index contributed by atoms with van der Waals surface area (Å²) >= 11 is 29.7. The second-order valence-electron chi connectivity index (χ2n) is 39.4. The van der Waals surface area contributed by atoms with Gasteiger partial charge in [0.25, 0.3) is 0 Å². The van der Waals surface area contributed by atoms with Crippen molar-refractivity contribution in [2.24, 2.45) is 0 Å². The van der Waals surface area contributed by atoms with Crippen LogP contribution in [0, 0.1) is 91.7 Å². The van der Waals surface area contributed by atoms with E-state index in [0.717, 1.165) is 39.0 Å². The first kappa shape index (κ1) is 96.0. The van der Waals surface area contributed by atoms with Crippen molar-refractivity contribution in [3.05, 3.63) is 209 Å². The minimum Gasteiger partial charge on any atom is -0.134 e. The van der Waals surface area contributed by atoms with Gasteiger partial charge in [0.05, 0.1) is 58.5 Å². The van der Waals surface area contributed by atoms with Gasteiger partial charge < -0.3 is 0 Å². The average Bonchev–Trinajstić information content (AvgIpc) is 1.60.